The molecule has 1 saturated heterocycles. The van der Waals surface area contributed by atoms with Gasteiger partial charge in [-0.25, -0.2) is 9.37 Å². The van der Waals surface area contributed by atoms with Crippen molar-refractivity contribution in [2.75, 3.05) is 13.1 Å². The molecule has 0 saturated carbocycles. The molecule has 0 unspecified atom stereocenters. The number of nitrogens with one attached hydrogen (secondary N) is 2. The van der Waals surface area contributed by atoms with Crippen molar-refractivity contribution >= 4 is 34.9 Å². The molecule has 1 aromatic heterocycles. The van der Waals surface area contributed by atoms with E-state index < -0.39 is 17.0 Å². The van der Waals surface area contributed by atoms with Crippen LogP contribution in [0.4, 0.5) is 9.18 Å². The van der Waals surface area contributed by atoms with Crippen molar-refractivity contribution in [2.24, 2.45) is 0 Å². The van der Waals surface area contributed by atoms with Gasteiger partial charge in [-0.2, -0.15) is 0 Å². The van der Waals surface area contributed by atoms with E-state index in [9.17, 15) is 18.8 Å². The second-order valence-electron chi connectivity index (χ2n) is 5.82. The van der Waals surface area contributed by atoms with Crippen LogP contribution in [0.5, 0.6) is 0 Å². The number of carbonyl (C=O) groups excluding carboxylic acids is 3. The predicted molar refractivity (Wildman–Crippen MR) is 99.0 cm³/mol. The molecule has 9 heteroatoms. The average molecular weight is 388 g/mol. The Morgan fingerprint density at radius 3 is 2.96 bits per heavy atom. The van der Waals surface area contributed by atoms with E-state index in [4.69, 9.17) is 0 Å². The maximum atomic E-state index is 13.2. The normalized spacial score (nSPS) is 15.6. The molecule has 3 rings (SSSR count). The zero-order valence-electron chi connectivity index (χ0n) is 14.3. The van der Waals surface area contributed by atoms with Crippen molar-refractivity contribution in [3.63, 3.8) is 0 Å². The summed E-state index contributed by atoms with van der Waals surface area (Å²) >= 11 is 0.784. The molecule has 3 amide bonds. The zero-order chi connectivity index (χ0) is 19.2. The monoisotopic (exact) mass is 388 g/mol. The third kappa shape index (κ3) is 5.04. The van der Waals surface area contributed by atoms with E-state index >= 15 is 0 Å². The van der Waals surface area contributed by atoms with Gasteiger partial charge in [0.1, 0.15) is 5.82 Å². The van der Waals surface area contributed by atoms with Crippen molar-refractivity contribution < 1.29 is 18.8 Å². The molecule has 0 aliphatic carbocycles. The fourth-order valence-electron chi connectivity index (χ4n) is 2.50. The van der Waals surface area contributed by atoms with Gasteiger partial charge in [0, 0.05) is 37.8 Å². The minimum atomic E-state index is -0.473. The first-order valence-electron chi connectivity index (χ1n) is 8.28. The van der Waals surface area contributed by atoms with Crippen molar-refractivity contribution in [3.8, 4) is 0 Å². The lowest BCUT2D eigenvalue weighted by atomic mass is 10.2. The van der Waals surface area contributed by atoms with Crippen LogP contribution >= 0.6 is 11.8 Å². The summed E-state index contributed by atoms with van der Waals surface area (Å²) in [6.45, 7) is 0.434. The van der Waals surface area contributed by atoms with E-state index in [1.807, 2.05) is 0 Å². The number of hydrogen-bond donors (Lipinski definition) is 2. The van der Waals surface area contributed by atoms with Crippen LogP contribution in [0.2, 0.25) is 0 Å². The minimum Gasteiger partial charge on any atom is -0.356 e. The van der Waals surface area contributed by atoms with E-state index in [1.54, 1.807) is 18.6 Å². The first-order valence-corrected chi connectivity index (χ1v) is 9.09. The second kappa shape index (κ2) is 8.63. The van der Waals surface area contributed by atoms with E-state index in [2.05, 4.69) is 15.3 Å². The smallest absolute Gasteiger partial charge is 0.293 e. The van der Waals surface area contributed by atoms with Crippen LogP contribution in [-0.2, 0) is 16.0 Å². The van der Waals surface area contributed by atoms with Gasteiger partial charge in [-0.1, -0.05) is 12.1 Å². The Labute approximate surface area is 159 Å². The Morgan fingerprint density at radius 1 is 1.37 bits per heavy atom. The van der Waals surface area contributed by atoms with Gasteiger partial charge in [-0.15, -0.1) is 0 Å². The summed E-state index contributed by atoms with van der Waals surface area (Å²) in [7, 11) is 0. The van der Waals surface area contributed by atoms with Crippen LogP contribution in [0.25, 0.3) is 6.08 Å². The second-order valence-corrected chi connectivity index (χ2v) is 6.81. The van der Waals surface area contributed by atoms with Gasteiger partial charge in [-0.05, 0) is 35.5 Å². The van der Waals surface area contributed by atoms with Gasteiger partial charge in [0.05, 0.1) is 11.2 Å². The summed E-state index contributed by atoms with van der Waals surface area (Å²) in [5.41, 5.74) is 1.40. The number of aromatic amines is 1. The van der Waals surface area contributed by atoms with Gasteiger partial charge < -0.3 is 10.3 Å². The van der Waals surface area contributed by atoms with Crippen LogP contribution in [0.3, 0.4) is 0 Å². The van der Waals surface area contributed by atoms with Crippen molar-refractivity contribution in [1.82, 2.24) is 20.2 Å². The number of rotatable bonds is 7. The fraction of sp³-hybridized carbons (Fsp3) is 0.222. The first-order chi connectivity index (χ1) is 13.0. The molecule has 1 aromatic carbocycles. The molecule has 140 valence electrons. The quantitative estimate of drug-likeness (QED) is 0.710. The SMILES string of the molecule is O=C(CCN1C(=O)SC(=Cc2cccc(F)c2)C1=O)NCCc1cnc[nH]1. The third-order valence-electron chi connectivity index (χ3n) is 3.85. The Morgan fingerprint density at radius 2 is 2.22 bits per heavy atom. The number of amides is 3. The summed E-state index contributed by atoms with van der Waals surface area (Å²) in [6, 6.07) is 5.75. The fourth-order valence-corrected chi connectivity index (χ4v) is 3.37. The molecule has 27 heavy (non-hydrogen) atoms. The van der Waals surface area contributed by atoms with Crippen molar-refractivity contribution in [1.29, 1.82) is 0 Å². The Bertz CT molecular complexity index is 882. The molecule has 2 heterocycles. The highest BCUT2D eigenvalue weighted by atomic mass is 32.2. The van der Waals surface area contributed by atoms with Crippen LogP contribution < -0.4 is 5.32 Å². The molecule has 2 aromatic rings. The van der Waals surface area contributed by atoms with Gasteiger partial charge >= 0.3 is 0 Å². The number of imide groups is 1. The molecule has 0 spiro atoms. The number of hydrogen-bond acceptors (Lipinski definition) is 5. The summed E-state index contributed by atoms with van der Waals surface area (Å²) in [4.78, 5) is 44.4. The number of thioether (sulfide) groups is 1. The molecule has 0 radical (unpaired) electrons. The molecule has 1 aliphatic heterocycles. The van der Waals surface area contributed by atoms with Gasteiger partial charge in [-0.3, -0.25) is 19.3 Å². The van der Waals surface area contributed by atoms with Crippen LogP contribution in [0.15, 0.2) is 41.7 Å². The summed E-state index contributed by atoms with van der Waals surface area (Å²) in [5, 5.41) is 2.30. The largest absolute Gasteiger partial charge is 0.356 e. The number of halogens is 1. The van der Waals surface area contributed by atoms with Crippen molar-refractivity contribution in [2.45, 2.75) is 12.8 Å². The van der Waals surface area contributed by atoms with E-state index in [0.717, 1.165) is 22.4 Å². The maximum absolute atomic E-state index is 13.2. The Kier molecular flexibility index (Phi) is 6.02. The lowest BCUT2D eigenvalue weighted by molar-refractivity contribution is -0.124. The van der Waals surface area contributed by atoms with E-state index in [-0.39, 0.29) is 23.8 Å². The average Bonchev–Trinajstić information content (AvgIpc) is 3.23. The molecule has 0 atom stereocenters. The minimum absolute atomic E-state index is 0.00104. The molecular formula is C18H17FN4O3S. The highest BCUT2D eigenvalue weighted by Crippen LogP contribution is 2.32. The van der Waals surface area contributed by atoms with Gasteiger partial charge in [0.2, 0.25) is 5.91 Å². The molecule has 0 bridgehead atoms. The zero-order valence-corrected chi connectivity index (χ0v) is 15.1. The number of H-pyrrole nitrogens is 1. The van der Waals surface area contributed by atoms with Gasteiger partial charge in [0.15, 0.2) is 0 Å². The number of nitrogens with zero attached hydrogens (tertiary/aromatic N) is 2. The first kappa shape index (κ1) is 18.8. The van der Waals surface area contributed by atoms with Crippen LogP contribution in [0.1, 0.15) is 17.7 Å². The maximum Gasteiger partial charge on any atom is 0.293 e. The van der Waals surface area contributed by atoms with Crippen LogP contribution in [-0.4, -0.2) is 45.0 Å². The van der Waals surface area contributed by atoms with E-state index in [1.165, 1.54) is 24.3 Å². The predicted octanol–water partition coefficient (Wildman–Crippen LogP) is 2.33. The lowest BCUT2D eigenvalue weighted by Crippen LogP contribution is -2.34. The third-order valence-corrected chi connectivity index (χ3v) is 4.76. The Hall–Kier alpha value is -2.94. The highest BCUT2D eigenvalue weighted by Gasteiger charge is 2.34. The Balaban J connectivity index is 1.50. The standard InChI is InChI=1S/C18H17FN4O3S/c19-13-3-1-2-12(8-13)9-15-17(25)23(18(26)27-15)7-5-16(24)21-6-4-14-10-20-11-22-14/h1-3,8-11H,4-7H2,(H,20,22)(H,21,24). The summed E-state index contributed by atoms with van der Waals surface area (Å²) in [6.07, 6.45) is 5.35. The summed E-state index contributed by atoms with van der Waals surface area (Å²) < 4.78 is 13.2. The molecular weight excluding hydrogens is 371 g/mol. The lowest BCUT2D eigenvalue weighted by Gasteiger charge is -2.12. The number of imidazole rings is 1. The van der Waals surface area contributed by atoms with Crippen molar-refractivity contribution in [3.05, 3.63) is 58.8 Å². The number of carbonyl (C=O) groups is 3. The summed E-state index contributed by atoms with van der Waals surface area (Å²) in [5.74, 6) is -1.14. The van der Waals surface area contributed by atoms with Gasteiger partial charge in [0.25, 0.3) is 11.1 Å². The molecule has 1 aliphatic rings. The van der Waals surface area contributed by atoms with E-state index in [0.29, 0.717) is 18.5 Å². The molecule has 1 fully saturated rings. The molecule has 7 nitrogen and oxygen atoms in total. The molecule has 2 N–H and O–H groups in total. The number of benzene rings is 1. The highest BCUT2D eigenvalue weighted by molar-refractivity contribution is 8.18. The number of aromatic nitrogens is 2. The topological polar surface area (TPSA) is 95.2 Å². The van der Waals surface area contributed by atoms with Crippen LogP contribution in [0, 0.1) is 5.82 Å².